The molecule has 146 valence electrons. The molecule has 2 aromatic heterocycles. The van der Waals surface area contributed by atoms with E-state index < -0.39 is 27.8 Å². The topological polar surface area (TPSA) is 139 Å². The molecule has 4 rings (SSSR count). The molecule has 0 unspecified atom stereocenters. The Labute approximate surface area is 169 Å². The monoisotopic (exact) mass is 429 g/mol. The molecular formula is C18H12ClN5O4S. The summed E-state index contributed by atoms with van der Waals surface area (Å²) in [5, 5.41) is 12.8. The second kappa shape index (κ2) is 7.22. The lowest BCUT2D eigenvalue weighted by Gasteiger charge is -2.06. The Kier molecular flexibility index (Phi) is 4.73. The highest BCUT2D eigenvalue weighted by Crippen LogP contribution is 2.32. The van der Waals surface area contributed by atoms with E-state index in [0.29, 0.717) is 15.9 Å². The van der Waals surface area contributed by atoms with Crippen LogP contribution in [0.25, 0.3) is 10.9 Å². The van der Waals surface area contributed by atoms with Gasteiger partial charge in [-0.1, -0.05) is 29.8 Å². The third-order valence-electron chi connectivity index (χ3n) is 4.24. The van der Waals surface area contributed by atoms with Crippen molar-refractivity contribution in [2.24, 2.45) is 0 Å². The highest BCUT2D eigenvalue weighted by Gasteiger charge is 2.30. The Balaban J connectivity index is 1.87. The zero-order chi connectivity index (χ0) is 20.6. The van der Waals surface area contributed by atoms with E-state index in [0.717, 1.165) is 0 Å². The molecule has 0 amide bonds. The predicted molar refractivity (Wildman–Crippen MR) is 103 cm³/mol. The van der Waals surface area contributed by atoms with Crippen LogP contribution in [0, 0.1) is 0 Å². The van der Waals surface area contributed by atoms with Crippen LogP contribution in [0.15, 0.2) is 58.5 Å². The Morgan fingerprint density at radius 2 is 1.79 bits per heavy atom. The van der Waals surface area contributed by atoms with Crippen LogP contribution in [0.3, 0.4) is 0 Å². The summed E-state index contributed by atoms with van der Waals surface area (Å²) in [6.07, 6.45) is -0.629. The van der Waals surface area contributed by atoms with Gasteiger partial charge >= 0.3 is 0 Å². The standard InChI is InChI=1S/C18H12ClN5O4S/c19-10-6-7-13-12(8-10)16(14(25)9-15(26)17-21-23-24-22-17)18(20-13)29(27,28)11-4-2-1-3-5-11/h1-8,20H,9H2,(H,21,22,23,24). The van der Waals surface area contributed by atoms with Gasteiger partial charge < -0.3 is 4.98 Å². The number of halogens is 1. The number of carbonyl (C=O) groups excluding carboxylic acids is 2. The molecule has 0 aliphatic rings. The molecule has 2 aromatic carbocycles. The Hall–Kier alpha value is -3.37. The number of aromatic amines is 2. The molecule has 0 radical (unpaired) electrons. The number of tetrazole rings is 1. The number of aromatic nitrogens is 5. The van der Waals surface area contributed by atoms with Crippen LogP contribution in [-0.2, 0) is 9.84 Å². The van der Waals surface area contributed by atoms with Crippen LogP contribution in [0.1, 0.15) is 27.4 Å². The lowest BCUT2D eigenvalue weighted by atomic mass is 10.0. The van der Waals surface area contributed by atoms with Crippen molar-refractivity contribution in [1.29, 1.82) is 0 Å². The second-order valence-electron chi connectivity index (χ2n) is 6.09. The maximum absolute atomic E-state index is 13.2. The number of fused-ring (bicyclic) bond motifs is 1. The van der Waals surface area contributed by atoms with Gasteiger partial charge in [-0.15, -0.1) is 10.2 Å². The summed E-state index contributed by atoms with van der Waals surface area (Å²) in [5.41, 5.74) is 0.266. The highest BCUT2D eigenvalue weighted by molar-refractivity contribution is 7.91. The normalized spacial score (nSPS) is 11.6. The molecule has 11 heteroatoms. The number of benzene rings is 2. The van der Waals surface area contributed by atoms with Crippen LogP contribution in [0.4, 0.5) is 0 Å². The van der Waals surface area contributed by atoms with E-state index in [9.17, 15) is 18.0 Å². The number of nitrogens with one attached hydrogen (secondary N) is 2. The summed E-state index contributed by atoms with van der Waals surface area (Å²) in [7, 11) is -4.06. The van der Waals surface area contributed by atoms with Crippen LogP contribution in [-0.4, -0.2) is 45.6 Å². The molecule has 0 saturated carbocycles. The van der Waals surface area contributed by atoms with Gasteiger partial charge in [-0.05, 0) is 35.5 Å². The van der Waals surface area contributed by atoms with Crippen molar-refractivity contribution in [3.63, 3.8) is 0 Å². The van der Waals surface area contributed by atoms with Crippen LogP contribution >= 0.6 is 11.6 Å². The first-order valence-electron chi connectivity index (χ1n) is 8.29. The van der Waals surface area contributed by atoms with E-state index in [4.69, 9.17) is 11.6 Å². The van der Waals surface area contributed by atoms with E-state index in [1.165, 1.54) is 18.2 Å². The van der Waals surface area contributed by atoms with E-state index in [1.54, 1.807) is 30.3 Å². The molecule has 2 heterocycles. The third-order valence-corrected chi connectivity index (χ3v) is 6.21. The first kappa shape index (κ1) is 19.0. The Bertz CT molecular complexity index is 1330. The SMILES string of the molecule is O=C(CC(=O)c1c(S(=O)(=O)c2ccccc2)[nH]c2ccc(Cl)cc12)c1nn[nH]n1. The summed E-state index contributed by atoms with van der Waals surface area (Å²) in [4.78, 5) is 28.1. The van der Waals surface area contributed by atoms with Gasteiger partial charge in [0, 0.05) is 15.9 Å². The molecule has 0 atom stereocenters. The molecule has 0 saturated heterocycles. The van der Waals surface area contributed by atoms with E-state index >= 15 is 0 Å². The molecule has 29 heavy (non-hydrogen) atoms. The number of Topliss-reactive ketones (excluding diaryl/α,β-unsaturated/α-hetero) is 2. The van der Waals surface area contributed by atoms with E-state index in [1.807, 2.05) is 0 Å². The van der Waals surface area contributed by atoms with E-state index in [-0.39, 0.29) is 21.3 Å². The van der Waals surface area contributed by atoms with Crippen LogP contribution in [0.5, 0.6) is 0 Å². The number of rotatable bonds is 6. The zero-order valence-corrected chi connectivity index (χ0v) is 16.2. The predicted octanol–water partition coefficient (Wildman–Crippen LogP) is 2.62. The van der Waals surface area contributed by atoms with Crippen molar-refractivity contribution in [3.8, 4) is 0 Å². The van der Waals surface area contributed by atoms with Crippen molar-refractivity contribution in [2.75, 3.05) is 0 Å². The average molecular weight is 430 g/mol. The van der Waals surface area contributed by atoms with Gasteiger partial charge in [0.15, 0.2) is 5.78 Å². The summed E-state index contributed by atoms with van der Waals surface area (Å²) < 4.78 is 26.4. The summed E-state index contributed by atoms with van der Waals surface area (Å²) in [6, 6.07) is 12.3. The molecule has 4 aromatic rings. The Morgan fingerprint density at radius 1 is 1.03 bits per heavy atom. The number of sulfone groups is 1. The van der Waals surface area contributed by atoms with Crippen LogP contribution < -0.4 is 0 Å². The fourth-order valence-corrected chi connectivity index (χ4v) is 4.59. The van der Waals surface area contributed by atoms with Gasteiger partial charge in [-0.25, -0.2) is 8.42 Å². The van der Waals surface area contributed by atoms with Gasteiger partial charge in [-0.2, -0.15) is 5.21 Å². The summed E-state index contributed by atoms with van der Waals surface area (Å²) in [6.45, 7) is 0. The molecule has 2 N–H and O–H groups in total. The van der Waals surface area contributed by atoms with Gasteiger partial charge in [0.25, 0.3) is 0 Å². The third kappa shape index (κ3) is 3.43. The smallest absolute Gasteiger partial charge is 0.240 e. The maximum atomic E-state index is 13.2. The van der Waals surface area contributed by atoms with Crippen molar-refractivity contribution >= 4 is 43.9 Å². The first-order chi connectivity index (χ1) is 13.9. The molecular weight excluding hydrogens is 418 g/mol. The largest absolute Gasteiger partial charge is 0.345 e. The lowest BCUT2D eigenvalue weighted by Crippen LogP contribution is -2.14. The van der Waals surface area contributed by atoms with Gasteiger partial charge in [-0.3, -0.25) is 9.59 Å². The fraction of sp³-hybridized carbons (Fsp3) is 0.0556. The Morgan fingerprint density at radius 3 is 2.48 bits per heavy atom. The first-order valence-corrected chi connectivity index (χ1v) is 10.2. The zero-order valence-electron chi connectivity index (χ0n) is 14.6. The fourth-order valence-electron chi connectivity index (χ4n) is 2.93. The van der Waals surface area contributed by atoms with Gasteiger partial charge in [0.2, 0.25) is 21.4 Å². The van der Waals surface area contributed by atoms with Crippen molar-refractivity contribution in [2.45, 2.75) is 16.3 Å². The van der Waals surface area contributed by atoms with E-state index in [2.05, 4.69) is 25.6 Å². The number of H-pyrrole nitrogens is 2. The second-order valence-corrected chi connectivity index (χ2v) is 8.42. The number of ketones is 2. The van der Waals surface area contributed by atoms with Gasteiger partial charge in [0.05, 0.1) is 16.9 Å². The minimum absolute atomic E-state index is 0.0104. The van der Waals surface area contributed by atoms with Crippen LogP contribution in [0.2, 0.25) is 5.02 Å². The number of nitrogens with zero attached hydrogens (tertiary/aromatic N) is 3. The van der Waals surface area contributed by atoms with Crippen molar-refractivity contribution in [3.05, 3.63) is 64.9 Å². The average Bonchev–Trinajstić information content (AvgIpc) is 3.36. The minimum atomic E-state index is -4.06. The number of carbonyl (C=O) groups is 2. The molecule has 0 spiro atoms. The van der Waals surface area contributed by atoms with Crippen molar-refractivity contribution < 1.29 is 18.0 Å². The molecule has 0 fully saturated rings. The highest BCUT2D eigenvalue weighted by atomic mass is 35.5. The lowest BCUT2D eigenvalue weighted by molar-refractivity contribution is 0.0887. The molecule has 0 bridgehead atoms. The molecule has 0 aliphatic heterocycles. The molecule has 9 nitrogen and oxygen atoms in total. The minimum Gasteiger partial charge on any atom is -0.345 e. The quantitative estimate of drug-likeness (QED) is 0.354. The maximum Gasteiger partial charge on any atom is 0.240 e. The van der Waals surface area contributed by atoms with Crippen molar-refractivity contribution in [1.82, 2.24) is 25.6 Å². The summed E-state index contributed by atoms with van der Waals surface area (Å²) >= 11 is 6.05. The van der Waals surface area contributed by atoms with Gasteiger partial charge in [0.1, 0.15) is 5.03 Å². The summed E-state index contributed by atoms with van der Waals surface area (Å²) in [5.74, 6) is -1.66. The number of hydrogen-bond donors (Lipinski definition) is 2. The number of hydrogen-bond acceptors (Lipinski definition) is 7. The molecule has 0 aliphatic carbocycles.